The average Bonchev–Trinajstić information content (AvgIpc) is 2.54. The van der Waals surface area contributed by atoms with Gasteiger partial charge in [0.15, 0.2) is 0 Å². The SMILES string of the molecule is CCN(CC)S(=O)(=O)c1cccc(NC(=O)CN2C[C@@H](C)O[C@@H](C)C2)c1. The van der Waals surface area contributed by atoms with Crippen molar-refractivity contribution in [2.45, 2.75) is 44.8 Å². The van der Waals surface area contributed by atoms with Crippen molar-refractivity contribution in [1.82, 2.24) is 9.21 Å². The molecule has 2 atom stereocenters. The van der Waals surface area contributed by atoms with Crippen LogP contribution in [0.25, 0.3) is 0 Å². The summed E-state index contributed by atoms with van der Waals surface area (Å²) in [5.41, 5.74) is 0.484. The number of anilines is 1. The van der Waals surface area contributed by atoms with E-state index in [4.69, 9.17) is 4.74 Å². The highest BCUT2D eigenvalue weighted by Crippen LogP contribution is 2.19. The number of carbonyl (C=O) groups is 1. The molecule has 146 valence electrons. The van der Waals surface area contributed by atoms with Gasteiger partial charge in [0.2, 0.25) is 15.9 Å². The summed E-state index contributed by atoms with van der Waals surface area (Å²) in [6, 6.07) is 6.40. The molecule has 1 aromatic rings. The van der Waals surface area contributed by atoms with Gasteiger partial charge in [-0.3, -0.25) is 9.69 Å². The monoisotopic (exact) mass is 383 g/mol. The Hall–Kier alpha value is -1.48. The summed E-state index contributed by atoms with van der Waals surface area (Å²) in [6.45, 7) is 10.1. The quantitative estimate of drug-likeness (QED) is 0.776. The molecule has 1 aromatic carbocycles. The summed E-state index contributed by atoms with van der Waals surface area (Å²) in [4.78, 5) is 14.6. The fourth-order valence-corrected chi connectivity index (χ4v) is 4.77. The summed E-state index contributed by atoms with van der Waals surface area (Å²) < 4.78 is 32.3. The molecule has 0 saturated carbocycles. The van der Waals surface area contributed by atoms with Gasteiger partial charge in [-0.2, -0.15) is 4.31 Å². The molecule has 1 amide bonds. The average molecular weight is 384 g/mol. The fraction of sp³-hybridized carbons (Fsp3) is 0.611. The highest BCUT2D eigenvalue weighted by molar-refractivity contribution is 7.89. The van der Waals surface area contributed by atoms with E-state index in [1.54, 1.807) is 32.0 Å². The Balaban J connectivity index is 2.05. The molecule has 1 fully saturated rings. The molecular formula is C18H29N3O4S. The van der Waals surface area contributed by atoms with Gasteiger partial charge in [0.25, 0.3) is 0 Å². The first-order chi connectivity index (χ1) is 12.3. The minimum absolute atomic E-state index is 0.0918. The Kier molecular flexibility index (Phi) is 7.16. The summed E-state index contributed by atoms with van der Waals surface area (Å²) in [7, 11) is -3.55. The highest BCUT2D eigenvalue weighted by atomic mass is 32.2. The van der Waals surface area contributed by atoms with Gasteiger partial charge in [0.05, 0.1) is 23.6 Å². The Bertz CT molecular complexity index is 709. The number of morpholine rings is 1. The van der Waals surface area contributed by atoms with Crippen LogP contribution in [-0.2, 0) is 19.6 Å². The van der Waals surface area contributed by atoms with Gasteiger partial charge in [-0.15, -0.1) is 0 Å². The molecule has 0 radical (unpaired) electrons. The number of ether oxygens (including phenoxy) is 1. The lowest BCUT2D eigenvalue weighted by Crippen LogP contribution is -2.48. The predicted molar refractivity (Wildman–Crippen MR) is 102 cm³/mol. The van der Waals surface area contributed by atoms with Crippen LogP contribution in [0.4, 0.5) is 5.69 Å². The van der Waals surface area contributed by atoms with Crippen molar-refractivity contribution >= 4 is 21.6 Å². The van der Waals surface area contributed by atoms with Gasteiger partial charge >= 0.3 is 0 Å². The van der Waals surface area contributed by atoms with E-state index < -0.39 is 10.0 Å². The van der Waals surface area contributed by atoms with E-state index in [-0.39, 0.29) is 29.6 Å². The van der Waals surface area contributed by atoms with E-state index in [0.29, 0.717) is 31.9 Å². The number of hydrogen-bond acceptors (Lipinski definition) is 5. The van der Waals surface area contributed by atoms with Crippen LogP contribution in [0.5, 0.6) is 0 Å². The van der Waals surface area contributed by atoms with Gasteiger partial charge in [0, 0.05) is 31.9 Å². The molecule has 0 bridgehead atoms. The van der Waals surface area contributed by atoms with Crippen LogP contribution in [-0.4, -0.2) is 68.5 Å². The van der Waals surface area contributed by atoms with E-state index in [1.165, 1.54) is 10.4 Å². The van der Waals surface area contributed by atoms with E-state index in [1.807, 2.05) is 18.7 Å². The smallest absolute Gasteiger partial charge is 0.243 e. The fourth-order valence-electron chi connectivity index (χ4n) is 3.26. The van der Waals surface area contributed by atoms with Crippen molar-refractivity contribution in [2.24, 2.45) is 0 Å². The van der Waals surface area contributed by atoms with Crippen molar-refractivity contribution in [3.05, 3.63) is 24.3 Å². The number of amides is 1. The van der Waals surface area contributed by atoms with E-state index >= 15 is 0 Å². The maximum absolute atomic E-state index is 12.6. The highest BCUT2D eigenvalue weighted by Gasteiger charge is 2.24. The van der Waals surface area contributed by atoms with Gasteiger partial charge in [-0.1, -0.05) is 19.9 Å². The minimum Gasteiger partial charge on any atom is -0.373 e. The molecule has 1 heterocycles. The maximum atomic E-state index is 12.6. The first-order valence-electron chi connectivity index (χ1n) is 9.04. The Morgan fingerprint density at radius 3 is 2.42 bits per heavy atom. The summed E-state index contributed by atoms with van der Waals surface area (Å²) in [6.07, 6.45) is 0.184. The summed E-state index contributed by atoms with van der Waals surface area (Å²) >= 11 is 0. The number of hydrogen-bond donors (Lipinski definition) is 1. The summed E-state index contributed by atoms with van der Waals surface area (Å²) in [5, 5.41) is 2.80. The third kappa shape index (κ3) is 5.26. The normalized spacial score (nSPS) is 21.7. The lowest BCUT2D eigenvalue weighted by atomic mass is 10.2. The van der Waals surface area contributed by atoms with Crippen LogP contribution in [0.15, 0.2) is 29.2 Å². The van der Waals surface area contributed by atoms with Crippen LogP contribution in [0.1, 0.15) is 27.7 Å². The first-order valence-corrected chi connectivity index (χ1v) is 10.5. The molecule has 1 aliphatic rings. The molecule has 0 unspecified atom stereocenters. The second kappa shape index (κ2) is 8.94. The third-order valence-corrected chi connectivity index (χ3v) is 6.37. The van der Waals surface area contributed by atoms with Gasteiger partial charge in [-0.05, 0) is 32.0 Å². The van der Waals surface area contributed by atoms with Crippen LogP contribution in [0.3, 0.4) is 0 Å². The van der Waals surface area contributed by atoms with E-state index in [0.717, 1.165) is 0 Å². The molecule has 7 nitrogen and oxygen atoms in total. The third-order valence-electron chi connectivity index (χ3n) is 4.32. The standard InChI is InChI=1S/C18H29N3O4S/c1-5-21(6-2)26(23,24)17-9-7-8-16(10-17)19-18(22)13-20-11-14(3)25-15(4)12-20/h7-10,14-15H,5-6,11-13H2,1-4H3,(H,19,22)/t14-,15+. The van der Waals surface area contributed by atoms with Crippen LogP contribution in [0.2, 0.25) is 0 Å². The van der Waals surface area contributed by atoms with Crippen LogP contribution >= 0.6 is 0 Å². The molecule has 1 N–H and O–H groups in total. The molecule has 0 aromatic heterocycles. The number of nitrogens with zero attached hydrogens (tertiary/aromatic N) is 2. The summed E-state index contributed by atoms with van der Waals surface area (Å²) in [5.74, 6) is -0.163. The van der Waals surface area contributed by atoms with Crippen LogP contribution in [0, 0.1) is 0 Å². The molecule has 1 saturated heterocycles. The Morgan fingerprint density at radius 1 is 1.23 bits per heavy atom. The lowest BCUT2D eigenvalue weighted by molar-refractivity contribution is -0.121. The van der Waals surface area contributed by atoms with Crippen molar-refractivity contribution in [3.63, 3.8) is 0 Å². The molecule has 0 spiro atoms. The molecule has 8 heteroatoms. The second-order valence-electron chi connectivity index (χ2n) is 6.62. The zero-order valence-corrected chi connectivity index (χ0v) is 16.8. The molecule has 26 heavy (non-hydrogen) atoms. The van der Waals surface area contributed by atoms with Gasteiger partial charge in [0.1, 0.15) is 0 Å². The van der Waals surface area contributed by atoms with Crippen LogP contribution < -0.4 is 5.32 Å². The first kappa shape index (κ1) is 20.8. The zero-order valence-electron chi connectivity index (χ0n) is 15.9. The number of sulfonamides is 1. The van der Waals surface area contributed by atoms with E-state index in [2.05, 4.69) is 5.32 Å². The number of benzene rings is 1. The lowest BCUT2D eigenvalue weighted by Gasteiger charge is -2.34. The minimum atomic E-state index is -3.55. The number of nitrogens with one attached hydrogen (secondary N) is 1. The molecule has 0 aliphatic carbocycles. The second-order valence-corrected chi connectivity index (χ2v) is 8.55. The largest absolute Gasteiger partial charge is 0.373 e. The van der Waals surface area contributed by atoms with Gasteiger partial charge < -0.3 is 10.1 Å². The van der Waals surface area contributed by atoms with Crippen molar-refractivity contribution in [3.8, 4) is 0 Å². The van der Waals surface area contributed by atoms with Gasteiger partial charge in [-0.25, -0.2) is 8.42 Å². The Morgan fingerprint density at radius 2 is 1.85 bits per heavy atom. The molecule has 2 rings (SSSR count). The van der Waals surface area contributed by atoms with E-state index in [9.17, 15) is 13.2 Å². The number of rotatable bonds is 7. The molecular weight excluding hydrogens is 354 g/mol. The van der Waals surface area contributed by atoms with Crippen molar-refractivity contribution in [2.75, 3.05) is 38.0 Å². The zero-order chi connectivity index (χ0) is 19.3. The van der Waals surface area contributed by atoms with Crippen molar-refractivity contribution in [1.29, 1.82) is 0 Å². The number of carbonyl (C=O) groups excluding carboxylic acids is 1. The molecule has 1 aliphatic heterocycles. The maximum Gasteiger partial charge on any atom is 0.243 e. The topological polar surface area (TPSA) is 79.0 Å². The predicted octanol–water partition coefficient (Wildman–Crippen LogP) is 1.76. The Labute approximate surface area is 156 Å². The van der Waals surface area contributed by atoms with Crippen molar-refractivity contribution < 1.29 is 17.9 Å².